The number of hydrogen-bond donors (Lipinski definition) is 1. The molecule has 0 unspecified atom stereocenters. The van der Waals surface area contributed by atoms with Gasteiger partial charge in [0, 0.05) is 23.7 Å². The summed E-state index contributed by atoms with van der Waals surface area (Å²) in [6.07, 6.45) is 3.17. The number of ether oxygens (including phenoxy) is 1. The highest BCUT2D eigenvalue weighted by Crippen LogP contribution is 2.29. The monoisotopic (exact) mass is 400 g/mol. The summed E-state index contributed by atoms with van der Waals surface area (Å²) in [7, 11) is 0. The molecule has 8 heteroatoms. The van der Waals surface area contributed by atoms with Crippen molar-refractivity contribution >= 4 is 17.6 Å². The summed E-state index contributed by atoms with van der Waals surface area (Å²) in [5.41, 5.74) is 0.556. The third kappa shape index (κ3) is 5.01. The van der Waals surface area contributed by atoms with Crippen molar-refractivity contribution in [3.63, 3.8) is 0 Å². The van der Waals surface area contributed by atoms with Gasteiger partial charge in [0.15, 0.2) is 6.61 Å². The number of esters is 1. The van der Waals surface area contributed by atoms with Gasteiger partial charge in [0.2, 0.25) is 5.76 Å². The Morgan fingerprint density at radius 1 is 1.17 bits per heavy atom. The van der Waals surface area contributed by atoms with Gasteiger partial charge in [0.25, 0.3) is 11.6 Å². The standard InChI is InChI=1S/C21H24N2O6/c1-13-4-3-5-17(14(13)2)22-20(24)12-28-21(25)19-11-10-18(29-19)15-6-8-16(9-7-15)23(26)27/h6-11,13-14,17H,3-5,12H2,1-2H3,(H,22,24)/t13-,14-,17-/m1/s1. The maximum absolute atomic E-state index is 12.2. The zero-order valence-corrected chi connectivity index (χ0v) is 16.4. The number of carbonyl (C=O) groups is 2. The van der Waals surface area contributed by atoms with Gasteiger partial charge in [0.05, 0.1) is 4.92 Å². The number of amides is 1. The molecule has 0 spiro atoms. The Morgan fingerprint density at radius 2 is 1.90 bits per heavy atom. The Hall–Kier alpha value is -3.16. The van der Waals surface area contributed by atoms with Gasteiger partial charge in [0.1, 0.15) is 5.76 Å². The van der Waals surface area contributed by atoms with Gasteiger partial charge >= 0.3 is 5.97 Å². The molecule has 0 saturated heterocycles. The molecule has 1 N–H and O–H groups in total. The lowest BCUT2D eigenvalue weighted by atomic mass is 9.78. The van der Waals surface area contributed by atoms with Crippen molar-refractivity contribution < 1.29 is 23.7 Å². The predicted molar refractivity (Wildman–Crippen MR) is 105 cm³/mol. The van der Waals surface area contributed by atoms with Gasteiger partial charge in [-0.2, -0.15) is 0 Å². The van der Waals surface area contributed by atoms with Crippen LogP contribution in [0.5, 0.6) is 0 Å². The van der Waals surface area contributed by atoms with Gasteiger partial charge < -0.3 is 14.5 Å². The maximum atomic E-state index is 12.2. The van der Waals surface area contributed by atoms with Crippen LogP contribution in [0, 0.1) is 22.0 Å². The molecule has 1 fully saturated rings. The van der Waals surface area contributed by atoms with Crippen molar-refractivity contribution in [2.75, 3.05) is 6.61 Å². The number of benzene rings is 1. The Labute approximate surface area is 168 Å². The lowest BCUT2D eigenvalue weighted by molar-refractivity contribution is -0.384. The molecule has 3 atom stereocenters. The van der Waals surface area contributed by atoms with Gasteiger partial charge in [-0.25, -0.2) is 4.79 Å². The van der Waals surface area contributed by atoms with Crippen molar-refractivity contribution in [3.8, 4) is 11.3 Å². The van der Waals surface area contributed by atoms with E-state index in [0.29, 0.717) is 23.2 Å². The van der Waals surface area contributed by atoms with Crippen LogP contribution in [0.25, 0.3) is 11.3 Å². The van der Waals surface area contributed by atoms with Crippen LogP contribution >= 0.6 is 0 Å². The van der Waals surface area contributed by atoms with Gasteiger partial charge in [-0.3, -0.25) is 14.9 Å². The number of non-ortho nitro benzene ring substituents is 1. The zero-order chi connectivity index (χ0) is 21.0. The molecule has 29 heavy (non-hydrogen) atoms. The van der Waals surface area contributed by atoms with Crippen molar-refractivity contribution in [2.24, 2.45) is 11.8 Å². The van der Waals surface area contributed by atoms with E-state index in [1.807, 2.05) is 0 Å². The van der Waals surface area contributed by atoms with E-state index in [-0.39, 0.29) is 30.0 Å². The molecular formula is C21H24N2O6. The van der Waals surface area contributed by atoms with E-state index in [9.17, 15) is 19.7 Å². The van der Waals surface area contributed by atoms with Crippen LogP contribution in [-0.2, 0) is 9.53 Å². The summed E-state index contributed by atoms with van der Waals surface area (Å²) in [6, 6.07) is 8.89. The van der Waals surface area contributed by atoms with Crippen LogP contribution in [-0.4, -0.2) is 29.4 Å². The molecule has 3 rings (SSSR count). The van der Waals surface area contributed by atoms with Crippen molar-refractivity contribution in [2.45, 2.75) is 39.2 Å². The molecule has 0 bridgehead atoms. The van der Waals surface area contributed by atoms with Crippen LogP contribution in [0.3, 0.4) is 0 Å². The molecule has 8 nitrogen and oxygen atoms in total. The normalized spacial score (nSPS) is 21.4. The highest BCUT2D eigenvalue weighted by molar-refractivity contribution is 5.89. The maximum Gasteiger partial charge on any atom is 0.374 e. The zero-order valence-electron chi connectivity index (χ0n) is 16.4. The lowest BCUT2D eigenvalue weighted by Crippen LogP contribution is -2.45. The fourth-order valence-electron chi connectivity index (χ4n) is 3.59. The Balaban J connectivity index is 1.53. The summed E-state index contributed by atoms with van der Waals surface area (Å²) in [5, 5.41) is 13.7. The molecule has 1 aliphatic rings. The van der Waals surface area contributed by atoms with Crippen LogP contribution in [0.4, 0.5) is 5.69 Å². The number of carbonyl (C=O) groups excluding carboxylic acids is 2. The topological polar surface area (TPSA) is 112 Å². The van der Waals surface area contributed by atoms with E-state index in [4.69, 9.17) is 9.15 Å². The molecule has 2 aromatic rings. The molecule has 0 aliphatic heterocycles. The fraction of sp³-hybridized carbons (Fsp3) is 0.429. The summed E-state index contributed by atoms with van der Waals surface area (Å²) in [5.74, 6) is 0.215. The van der Waals surface area contributed by atoms with E-state index in [1.165, 1.54) is 30.3 Å². The average molecular weight is 400 g/mol. The van der Waals surface area contributed by atoms with Crippen LogP contribution in [0.1, 0.15) is 43.7 Å². The molecule has 1 aromatic carbocycles. The summed E-state index contributed by atoms with van der Waals surface area (Å²) >= 11 is 0. The van der Waals surface area contributed by atoms with E-state index >= 15 is 0 Å². The minimum Gasteiger partial charge on any atom is -0.450 e. The molecule has 154 valence electrons. The first-order valence-electron chi connectivity index (χ1n) is 9.66. The Morgan fingerprint density at radius 3 is 2.59 bits per heavy atom. The van der Waals surface area contributed by atoms with Crippen molar-refractivity contribution in [1.29, 1.82) is 0 Å². The van der Waals surface area contributed by atoms with Crippen LogP contribution in [0.2, 0.25) is 0 Å². The lowest BCUT2D eigenvalue weighted by Gasteiger charge is -2.34. The van der Waals surface area contributed by atoms with Crippen LogP contribution < -0.4 is 5.32 Å². The van der Waals surface area contributed by atoms with E-state index < -0.39 is 10.9 Å². The third-order valence-electron chi connectivity index (χ3n) is 5.56. The van der Waals surface area contributed by atoms with Gasteiger partial charge in [-0.15, -0.1) is 0 Å². The quantitative estimate of drug-likeness (QED) is 0.446. The molecule has 0 radical (unpaired) electrons. The average Bonchev–Trinajstić information content (AvgIpc) is 3.20. The van der Waals surface area contributed by atoms with E-state index in [1.54, 1.807) is 6.07 Å². The molecule has 1 heterocycles. The first-order valence-corrected chi connectivity index (χ1v) is 9.66. The van der Waals surface area contributed by atoms with Gasteiger partial charge in [-0.05, 0) is 42.5 Å². The minimum absolute atomic E-state index is 0.0346. The second-order valence-corrected chi connectivity index (χ2v) is 7.49. The van der Waals surface area contributed by atoms with Gasteiger partial charge in [-0.1, -0.05) is 26.7 Å². The second-order valence-electron chi connectivity index (χ2n) is 7.49. The second kappa shape index (κ2) is 8.89. The number of nitrogens with zero attached hydrogens (tertiary/aromatic N) is 1. The SMILES string of the molecule is C[C@@H]1[C@H](C)CCC[C@H]1NC(=O)COC(=O)c1ccc(-c2ccc([N+](=O)[O-])cc2)o1. The number of rotatable bonds is 6. The number of nitro groups is 1. The summed E-state index contributed by atoms with van der Waals surface area (Å²) in [4.78, 5) is 34.5. The number of furan rings is 1. The fourth-order valence-corrected chi connectivity index (χ4v) is 3.59. The van der Waals surface area contributed by atoms with Crippen molar-refractivity contribution in [1.82, 2.24) is 5.32 Å². The molecular weight excluding hydrogens is 376 g/mol. The van der Waals surface area contributed by atoms with Crippen molar-refractivity contribution in [3.05, 3.63) is 52.3 Å². The highest BCUT2D eigenvalue weighted by Gasteiger charge is 2.28. The van der Waals surface area contributed by atoms with E-state index in [0.717, 1.165) is 19.3 Å². The number of nitro benzene ring substituents is 1. The highest BCUT2D eigenvalue weighted by atomic mass is 16.6. The first kappa shape index (κ1) is 20.6. The first-order chi connectivity index (χ1) is 13.8. The molecule has 1 aliphatic carbocycles. The number of nitrogens with one attached hydrogen (secondary N) is 1. The predicted octanol–water partition coefficient (Wildman–Crippen LogP) is 3.95. The largest absolute Gasteiger partial charge is 0.450 e. The number of hydrogen-bond acceptors (Lipinski definition) is 6. The Kier molecular flexibility index (Phi) is 6.31. The molecule has 1 aromatic heterocycles. The smallest absolute Gasteiger partial charge is 0.374 e. The summed E-state index contributed by atoms with van der Waals surface area (Å²) in [6.45, 7) is 3.94. The Bertz CT molecular complexity index is 889. The molecule has 1 saturated carbocycles. The summed E-state index contributed by atoms with van der Waals surface area (Å²) < 4.78 is 10.5. The third-order valence-corrected chi connectivity index (χ3v) is 5.56. The minimum atomic E-state index is -0.738. The van der Waals surface area contributed by atoms with E-state index in [2.05, 4.69) is 19.2 Å². The van der Waals surface area contributed by atoms with Crippen LogP contribution in [0.15, 0.2) is 40.8 Å². The molecule has 1 amide bonds.